The van der Waals surface area contributed by atoms with Crippen LogP contribution in [-0.2, 0) is 25.5 Å². The SMILES string of the molecule is CCOC(=O)c1c(NC(=O)COC(=O)CCc2nc3ccccc3s2)sc(C)c1-c1ccc(C)cc1. The summed E-state index contributed by atoms with van der Waals surface area (Å²) in [7, 11) is 0. The monoisotopic (exact) mass is 522 g/mol. The zero-order valence-corrected chi connectivity index (χ0v) is 21.9. The summed E-state index contributed by atoms with van der Waals surface area (Å²) in [5.41, 5.74) is 3.89. The van der Waals surface area contributed by atoms with E-state index in [1.54, 1.807) is 6.92 Å². The van der Waals surface area contributed by atoms with Crippen LogP contribution >= 0.6 is 22.7 Å². The van der Waals surface area contributed by atoms with Crippen LogP contribution in [0.2, 0.25) is 0 Å². The number of para-hydroxylation sites is 1. The largest absolute Gasteiger partial charge is 0.462 e. The summed E-state index contributed by atoms with van der Waals surface area (Å²) in [6, 6.07) is 15.6. The first kappa shape index (κ1) is 25.5. The van der Waals surface area contributed by atoms with Crippen molar-refractivity contribution in [2.24, 2.45) is 0 Å². The minimum Gasteiger partial charge on any atom is -0.462 e. The number of nitrogens with one attached hydrogen (secondary N) is 1. The third kappa shape index (κ3) is 5.98. The van der Waals surface area contributed by atoms with E-state index in [-0.39, 0.29) is 13.0 Å². The normalized spacial score (nSPS) is 10.9. The minimum absolute atomic E-state index is 0.122. The van der Waals surface area contributed by atoms with Crippen molar-refractivity contribution in [1.29, 1.82) is 0 Å². The molecule has 36 heavy (non-hydrogen) atoms. The number of benzene rings is 2. The Bertz CT molecular complexity index is 1370. The summed E-state index contributed by atoms with van der Waals surface area (Å²) in [6.07, 6.45) is 0.563. The van der Waals surface area contributed by atoms with E-state index in [0.29, 0.717) is 17.0 Å². The molecule has 0 bridgehead atoms. The number of esters is 2. The Hall–Kier alpha value is -3.56. The number of rotatable bonds is 9. The smallest absolute Gasteiger partial charge is 0.341 e. The Kier molecular flexibility index (Phi) is 8.12. The second-order valence-electron chi connectivity index (χ2n) is 8.11. The average Bonchev–Trinajstić information content (AvgIpc) is 3.42. The van der Waals surface area contributed by atoms with Crippen molar-refractivity contribution in [1.82, 2.24) is 4.98 Å². The molecule has 0 unspecified atom stereocenters. The van der Waals surface area contributed by atoms with E-state index in [4.69, 9.17) is 9.47 Å². The second-order valence-corrected chi connectivity index (χ2v) is 10.4. The maximum Gasteiger partial charge on any atom is 0.341 e. The number of ether oxygens (including phenoxy) is 2. The highest BCUT2D eigenvalue weighted by atomic mass is 32.1. The lowest BCUT2D eigenvalue weighted by molar-refractivity contribution is -0.147. The molecule has 0 saturated carbocycles. The lowest BCUT2D eigenvalue weighted by Crippen LogP contribution is -2.21. The molecule has 2 aromatic carbocycles. The van der Waals surface area contributed by atoms with Gasteiger partial charge >= 0.3 is 11.9 Å². The fraction of sp³-hybridized carbons (Fsp3) is 0.259. The van der Waals surface area contributed by atoms with E-state index in [9.17, 15) is 14.4 Å². The molecular weight excluding hydrogens is 496 g/mol. The average molecular weight is 523 g/mol. The number of hydrogen-bond acceptors (Lipinski definition) is 8. The van der Waals surface area contributed by atoms with Gasteiger partial charge in [0.05, 0.1) is 28.3 Å². The van der Waals surface area contributed by atoms with Crippen LogP contribution in [0.4, 0.5) is 5.00 Å². The first-order valence-corrected chi connectivity index (χ1v) is 13.2. The molecule has 0 aliphatic rings. The maximum absolute atomic E-state index is 12.8. The van der Waals surface area contributed by atoms with Crippen LogP contribution in [0.3, 0.4) is 0 Å². The molecule has 2 aromatic heterocycles. The van der Waals surface area contributed by atoms with Gasteiger partial charge in [-0.3, -0.25) is 9.59 Å². The molecule has 0 aliphatic carbocycles. The van der Waals surface area contributed by atoms with Crippen molar-refractivity contribution in [3.8, 4) is 11.1 Å². The van der Waals surface area contributed by atoms with Gasteiger partial charge in [0, 0.05) is 16.9 Å². The van der Waals surface area contributed by atoms with E-state index in [0.717, 1.165) is 36.8 Å². The Morgan fingerprint density at radius 3 is 2.44 bits per heavy atom. The molecule has 7 nitrogen and oxygen atoms in total. The van der Waals surface area contributed by atoms with Crippen LogP contribution in [0.5, 0.6) is 0 Å². The Balaban J connectivity index is 1.40. The van der Waals surface area contributed by atoms with Crippen LogP contribution < -0.4 is 5.32 Å². The molecule has 1 amide bonds. The Labute approximate surface area is 217 Å². The minimum atomic E-state index is -0.523. The van der Waals surface area contributed by atoms with Crippen molar-refractivity contribution in [3.63, 3.8) is 0 Å². The molecule has 0 spiro atoms. The quantitative estimate of drug-likeness (QED) is 0.274. The number of carbonyl (C=O) groups excluding carboxylic acids is 3. The molecule has 1 N–H and O–H groups in total. The van der Waals surface area contributed by atoms with Crippen molar-refractivity contribution < 1.29 is 23.9 Å². The lowest BCUT2D eigenvalue weighted by atomic mass is 10.0. The fourth-order valence-electron chi connectivity index (χ4n) is 3.72. The molecule has 0 fully saturated rings. The summed E-state index contributed by atoms with van der Waals surface area (Å²) < 4.78 is 11.5. The van der Waals surface area contributed by atoms with E-state index >= 15 is 0 Å². The molecule has 186 valence electrons. The van der Waals surface area contributed by atoms with Crippen LogP contribution in [0.15, 0.2) is 48.5 Å². The molecule has 9 heteroatoms. The van der Waals surface area contributed by atoms with E-state index < -0.39 is 24.5 Å². The zero-order chi connectivity index (χ0) is 25.7. The van der Waals surface area contributed by atoms with Crippen LogP contribution in [-0.4, -0.2) is 36.0 Å². The number of aromatic nitrogens is 1. The number of carbonyl (C=O) groups is 3. The molecule has 0 saturated heterocycles. The summed E-state index contributed by atoms with van der Waals surface area (Å²) >= 11 is 2.82. The van der Waals surface area contributed by atoms with Gasteiger partial charge in [-0.25, -0.2) is 9.78 Å². The van der Waals surface area contributed by atoms with Gasteiger partial charge in [0.1, 0.15) is 10.6 Å². The molecular formula is C27H26N2O5S2. The number of thiazole rings is 1. The van der Waals surface area contributed by atoms with Crippen molar-refractivity contribution >= 4 is 55.7 Å². The van der Waals surface area contributed by atoms with Crippen molar-refractivity contribution in [2.45, 2.75) is 33.6 Å². The number of hydrogen-bond donors (Lipinski definition) is 1. The lowest BCUT2D eigenvalue weighted by Gasteiger charge is -2.10. The van der Waals surface area contributed by atoms with Crippen LogP contribution in [0.1, 0.15) is 39.2 Å². The molecule has 2 heterocycles. The molecule has 0 aliphatic heterocycles. The first-order valence-electron chi connectivity index (χ1n) is 11.5. The van der Waals surface area contributed by atoms with Crippen molar-refractivity contribution in [3.05, 3.63) is 69.5 Å². The number of anilines is 1. The zero-order valence-electron chi connectivity index (χ0n) is 20.3. The predicted octanol–water partition coefficient (Wildman–Crippen LogP) is 5.93. The highest BCUT2D eigenvalue weighted by Crippen LogP contribution is 2.40. The predicted molar refractivity (Wildman–Crippen MR) is 143 cm³/mol. The second kappa shape index (κ2) is 11.5. The standard InChI is InChI=1S/C27H26N2O5S2/c1-4-33-27(32)25-24(18-11-9-16(2)10-12-18)17(3)35-26(25)29-21(30)15-34-23(31)14-13-22-28-19-7-5-6-8-20(19)36-22/h5-12H,4,13-15H2,1-3H3,(H,29,30). The third-order valence-electron chi connectivity index (χ3n) is 5.40. The van der Waals surface area contributed by atoms with Gasteiger partial charge < -0.3 is 14.8 Å². The molecule has 0 atom stereocenters. The summed E-state index contributed by atoms with van der Waals surface area (Å²) in [4.78, 5) is 43.0. The van der Waals surface area contributed by atoms with E-state index in [1.165, 1.54) is 22.7 Å². The summed E-state index contributed by atoms with van der Waals surface area (Å²) in [6.45, 7) is 5.37. The Morgan fingerprint density at radius 1 is 0.972 bits per heavy atom. The maximum atomic E-state index is 12.8. The van der Waals surface area contributed by atoms with E-state index in [1.807, 2.05) is 62.4 Å². The third-order valence-corrected chi connectivity index (χ3v) is 7.52. The summed E-state index contributed by atoms with van der Waals surface area (Å²) in [5.74, 6) is -1.52. The molecule has 4 aromatic rings. The number of thiophene rings is 1. The van der Waals surface area contributed by atoms with Gasteiger partial charge in [-0.2, -0.15) is 0 Å². The van der Waals surface area contributed by atoms with Gasteiger partial charge in [0.15, 0.2) is 6.61 Å². The highest BCUT2D eigenvalue weighted by molar-refractivity contribution is 7.18. The van der Waals surface area contributed by atoms with Gasteiger partial charge in [0.25, 0.3) is 5.91 Å². The van der Waals surface area contributed by atoms with E-state index in [2.05, 4.69) is 10.3 Å². The number of aryl methyl sites for hydroxylation is 3. The van der Waals surface area contributed by atoms with Gasteiger partial charge in [-0.15, -0.1) is 22.7 Å². The van der Waals surface area contributed by atoms with Gasteiger partial charge in [-0.05, 0) is 38.5 Å². The Morgan fingerprint density at radius 2 is 1.72 bits per heavy atom. The molecule has 0 radical (unpaired) electrons. The highest BCUT2D eigenvalue weighted by Gasteiger charge is 2.25. The van der Waals surface area contributed by atoms with Crippen LogP contribution in [0, 0.1) is 13.8 Å². The van der Waals surface area contributed by atoms with Gasteiger partial charge in [-0.1, -0.05) is 42.0 Å². The van der Waals surface area contributed by atoms with Crippen LogP contribution in [0.25, 0.3) is 21.3 Å². The number of nitrogens with zero attached hydrogens (tertiary/aromatic N) is 1. The van der Waals surface area contributed by atoms with Gasteiger partial charge in [0.2, 0.25) is 0 Å². The van der Waals surface area contributed by atoms with Crippen molar-refractivity contribution in [2.75, 3.05) is 18.5 Å². The number of fused-ring (bicyclic) bond motifs is 1. The fourth-order valence-corrected chi connectivity index (χ4v) is 5.76. The summed E-state index contributed by atoms with van der Waals surface area (Å²) in [5, 5.41) is 3.94. The number of amides is 1. The topological polar surface area (TPSA) is 94.6 Å². The molecule has 4 rings (SSSR count). The first-order chi connectivity index (χ1) is 17.4.